The third kappa shape index (κ3) is 5.50. The minimum atomic E-state index is -3.89. The van der Waals surface area contributed by atoms with E-state index in [0.29, 0.717) is 40.9 Å². The molecule has 0 atom stereocenters. The maximum atomic E-state index is 13.8. The first kappa shape index (κ1) is 30.7. The van der Waals surface area contributed by atoms with Crippen molar-refractivity contribution in [2.75, 3.05) is 56.7 Å². The molecule has 0 aromatic heterocycles. The zero-order chi connectivity index (χ0) is 30.3. The van der Waals surface area contributed by atoms with Gasteiger partial charge in [-0.05, 0) is 105 Å². The van der Waals surface area contributed by atoms with Gasteiger partial charge in [0.05, 0.1) is 35.4 Å². The number of methoxy groups -OCH3 is 2. The maximum absolute atomic E-state index is 13.8. The van der Waals surface area contributed by atoms with Crippen LogP contribution in [0.4, 0.5) is 11.4 Å². The first-order chi connectivity index (χ1) is 19.2. The lowest BCUT2D eigenvalue weighted by Gasteiger charge is -2.37. The minimum Gasteiger partial charge on any atom is -0.497 e. The van der Waals surface area contributed by atoms with E-state index in [1.807, 2.05) is 39.5 Å². The highest BCUT2D eigenvalue weighted by Gasteiger charge is 2.33. The summed E-state index contributed by atoms with van der Waals surface area (Å²) in [5.74, 6) is 1.15. The molecule has 0 spiro atoms. The molecule has 0 aliphatic carbocycles. The molecule has 222 valence electrons. The smallest absolute Gasteiger partial charge is 0.264 e. The van der Waals surface area contributed by atoms with E-state index in [0.717, 1.165) is 27.8 Å². The highest BCUT2D eigenvalue weighted by Crippen LogP contribution is 2.36. The van der Waals surface area contributed by atoms with Gasteiger partial charge in [-0.3, -0.25) is 4.31 Å². The Hall–Kier alpha value is -3.28. The summed E-state index contributed by atoms with van der Waals surface area (Å²) in [6, 6.07) is 11.5. The Kier molecular flexibility index (Phi) is 8.63. The highest BCUT2D eigenvalue weighted by molar-refractivity contribution is 7.92. The van der Waals surface area contributed by atoms with Gasteiger partial charge in [-0.25, -0.2) is 16.8 Å². The molecule has 41 heavy (non-hydrogen) atoms. The van der Waals surface area contributed by atoms with Gasteiger partial charge in [0, 0.05) is 33.2 Å². The third-order valence-electron chi connectivity index (χ3n) is 8.35. The lowest BCUT2D eigenvalue weighted by atomic mass is 9.95. The summed E-state index contributed by atoms with van der Waals surface area (Å²) in [6.07, 6.45) is 0. The van der Waals surface area contributed by atoms with Crippen LogP contribution in [0, 0.1) is 34.6 Å². The highest BCUT2D eigenvalue weighted by atomic mass is 32.2. The predicted molar refractivity (Wildman–Crippen MR) is 163 cm³/mol. The van der Waals surface area contributed by atoms with E-state index >= 15 is 0 Å². The van der Waals surface area contributed by atoms with Crippen LogP contribution in [0.1, 0.15) is 27.8 Å². The van der Waals surface area contributed by atoms with Crippen molar-refractivity contribution in [3.05, 3.63) is 70.3 Å². The topological polar surface area (TPSA) is 96.5 Å². The van der Waals surface area contributed by atoms with Crippen LogP contribution in [-0.2, 0) is 20.0 Å². The Morgan fingerprint density at radius 1 is 0.707 bits per heavy atom. The third-order valence-corrected chi connectivity index (χ3v) is 12.3. The van der Waals surface area contributed by atoms with Crippen LogP contribution >= 0.6 is 0 Å². The number of benzene rings is 3. The van der Waals surface area contributed by atoms with Gasteiger partial charge in [0.25, 0.3) is 10.0 Å². The molecule has 1 heterocycles. The summed E-state index contributed by atoms with van der Waals surface area (Å²) in [4.78, 5) is 2.47. The Morgan fingerprint density at radius 3 is 1.76 bits per heavy atom. The molecule has 1 saturated heterocycles. The van der Waals surface area contributed by atoms with Crippen molar-refractivity contribution in [3.8, 4) is 11.5 Å². The van der Waals surface area contributed by atoms with Crippen molar-refractivity contribution in [2.24, 2.45) is 0 Å². The molecule has 3 aromatic carbocycles. The summed E-state index contributed by atoms with van der Waals surface area (Å²) in [7, 11) is -3.02. The molecule has 0 unspecified atom stereocenters. The van der Waals surface area contributed by atoms with Crippen LogP contribution in [0.2, 0.25) is 0 Å². The Bertz CT molecular complexity index is 1630. The van der Waals surface area contributed by atoms with Crippen molar-refractivity contribution in [1.82, 2.24) is 4.31 Å². The molecule has 1 aliphatic rings. The second-order valence-electron chi connectivity index (χ2n) is 10.3. The number of hydrogen-bond acceptors (Lipinski definition) is 7. The largest absolute Gasteiger partial charge is 0.497 e. The fourth-order valence-corrected chi connectivity index (χ4v) is 8.52. The summed E-state index contributed by atoms with van der Waals surface area (Å²) in [6.45, 7) is 11.0. The summed E-state index contributed by atoms with van der Waals surface area (Å²) >= 11 is 0. The SMILES string of the molecule is COc1ccc(N(C)S(=O)(=O)c2ccc(OC)c(N3CCN(S(=O)(=O)c4c(C)c(C)c(C)c(C)c4C)CC3)c2)cc1. The van der Waals surface area contributed by atoms with Crippen molar-refractivity contribution in [1.29, 1.82) is 0 Å². The van der Waals surface area contributed by atoms with Gasteiger partial charge in [0.1, 0.15) is 11.5 Å². The summed E-state index contributed by atoms with van der Waals surface area (Å²) in [5, 5.41) is 0. The second kappa shape index (κ2) is 11.5. The number of piperazine rings is 1. The van der Waals surface area contributed by atoms with E-state index in [1.165, 1.54) is 28.8 Å². The van der Waals surface area contributed by atoms with Gasteiger partial charge in [0.2, 0.25) is 10.0 Å². The molecule has 4 rings (SSSR count). The molecule has 1 aliphatic heterocycles. The number of sulfonamides is 2. The van der Waals surface area contributed by atoms with Gasteiger partial charge < -0.3 is 14.4 Å². The first-order valence-corrected chi connectivity index (χ1v) is 16.3. The van der Waals surface area contributed by atoms with E-state index in [4.69, 9.17) is 9.47 Å². The van der Waals surface area contributed by atoms with Gasteiger partial charge in [-0.1, -0.05) is 0 Å². The van der Waals surface area contributed by atoms with E-state index < -0.39 is 20.0 Å². The van der Waals surface area contributed by atoms with Crippen molar-refractivity contribution >= 4 is 31.4 Å². The molecular weight excluding hydrogens is 562 g/mol. The summed E-state index contributed by atoms with van der Waals surface area (Å²) < 4.78 is 68.3. The minimum absolute atomic E-state index is 0.110. The van der Waals surface area contributed by atoms with Crippen LogP contribution < -0.4 is 18.7 Å². The van der Waals surface area contributed by atoms with E-state index in [2.05, 4.69) is 0 Å². The number of ether oxygens (including phenoxy) is 2. The van der Waals surface area contributed by atoms with E-state index in [1.54, 1.807) is 43.5 Å². The van der Waals surface area contributed by atoms with Crippen LogP contribution in [0.5, 0.6) is 11.5 Å². The molecule has 0 N–H and O–H groups in total. The zero-order valence-corrected chi connectivity index (χ0v) is 26.6. The van der Waals surface area contributed by atoms with Crippen LogP contribution in [0.3, 0.4) is 0 Å². The Balaban J connectivity index is 1.60. The van der Waals surface area contributed by atoms with Gasteiger partial charge in [-0.2, -0.15) is 4.31 Å². The molecule has 0 bridgehead atoms. The molecule has 3 aromatic rings. The average molecular weight is 602 g/mol. The van der Waals surface area contributed by atoms with Crippen molar-refractivity contribution in [2.45, 2.75) is 44.4 Å². The fraction of sp³-hybridized carbons (Fsp3) is 0.400. The number of anilines is 2. The van der Waals surface area contributed by atoms with Crippen LogP contribution in [-0.4, -0.2) is 68.6 Å². The Labute approximate surface area is 244 Å². The fourth-order valence-electron chi connectivity index (χ4n) is 5.32. The quantitative estimate of drug-likeness (QED) is 0.373. The zero-order valence-electron chi connectivity index (χ0n) is 25.0. The standard InChI is InChI=1S/C30H39N3O6S2/c1-20-21(2)23(4)30(24(5)22(20)3)41(36,37)33-17-15-32(16-18-33)28-19-27(13-14-29(28)39-8)40(34,35)31(6)25-9-11-26(38-7)12-10-25/h9-14,19H,15-18H2,1-8H3. The van der Waals surface area contributed by atoms with Crippen LogP contribution in [0.25, 0.3) is 0 Å². The first-order valence-electron chi connectivity index (χ1n) is 13.4. The molecule has 1 fully saturated rings. The molecule has 0 radical (unpaired) electrons. The summed E-state index contributed by atoms with van der Waals surface area (Å²) in [5.41, 5.74) is 5.77. The van der Waals surface area contributed by atoms with Crippen LogP contribution in [0.15, 0.2) is 52.3 Å². The number of rotatable bonds is 8. The molecule has 9 nitrogen and oxygen atoms in total. The Morgan fingerprint density at radius 2 is 1.24 bits per heavy atom. The van der Waals surface area contributed by atoms with Crippen molar-refractivity contribution < 1.29 is 26.3 Å². The van der Waals surface area contributed by atoms with Gasteiger partial charge >= 0.3 is 0 Å². The number of nitrogens with zero attached hydrogens (tertiary/aromatic N) is 3. The molecular formula is C30H39N3O6S2. The molecule has 0 amide bonds. The average Bonchev–Trinajstić information content (AvgIpc) is 2.98. The number of hydrogen-bond donors (Lipinski definition) is 0. The normalized spacial score (nSPS) is 14.7. The van der Waals surface area contributed by atoms with E-state index in [-0.39, 0.29) is 18.0 Å². The monoisotopic (exact) mass is 601 g/mol. The second-order valence-corrected chi connectivity index (χ2v) is 14.2. The molecule has 11 heteroatoms. The van der Waals surface area contributed by atoms with Gasteiger partial charge in [-0.15, -0.1) is 0 Å². The lowest BCUT2D eigenvalue weighted by Crippen LogP contribution is -2.49. The molecule has 0 saturated carbocycles. The lowest BCUT2D eigenvalue weighted by molar-refractivity contribution is 0.377. The van der Waals surface area contributed by atoms with Crippen molar-refractivity contribution in [3.63, 3.8) is 0 Å². The maximum Gasteiger partial charge on any atom is 0.264 e. The van der Waals surface area contributed by atoms with Gasteiger partial charge in [0.15, 0.2) is 0 Å². The van der Waals surface area contributed by atoms with E-state index in [9.17, 15) is 16.8 Å². The predicted octanol–water partition coefficient (Wildman–Crippen LogP) is 4.58.